The predicted molar refractivity (Wildman–Crippen MR) is 91.6 cm³/mol. The fourth-order valence-corrected chi connectivity index (χ4v) is 2.09. The van der Waals surface area contributed by atoms with Crippen molar-refractivity contribution in [3.8, 4) is 23.0 Å². The van der Waals surface area contributed by atoms with Gasteiger partial charge in [0.1, 0.15) is 17.8 Å². The molecule has 0 bridgehead atoms. The molecule has 0 aliphatic rings. The van der Waals surface area contributed by atoms with E-state index in [4.69, 9.17) is 18.9 Å². The summed E-state index contributed by atoms with van der Waals surface area (Å²) in [5.74, 6) is 2.80. The molecule has 0 saturated heterocycles. The normalized spacial score (nSPS) is 10.1. The molecule has 0 radical (unpaired) electrons. The summed E-state index contributed by atoms with van der Waals surface area (Å²) < 4.78 is 22.0. The third-order valence-electron chi connectivity index (χ3n) is 3.28. The van der Waals surface area contributed by atoms with E-state index in [1.807, 2.05) is 31.2 Å². The molecule has 5 nitrogen and oxygen atoms in total. The minimum Gasteiger partial charge on any atom is -0.497 e. The van der Waals surface area contributed by atoms with Crippen LogP contribution >= 0.6 is 0 Å². The monoisotopic (exact) mass is 330 g/mol. The van der Waals surface area contributed by atoms with Gasteiger partial charge >= 0.3 is 0 Å². The van der Waals surface area contributed by atoms with Gasteiger partial charge in [0.25, 0.3) is 0 Å². The fraction of sp³-hybridized carbons (Fsp3) is 0.316. The number of hydrogen-bond donors (Lipinski definition) is 0. The van der Waals surface area contributed by atoms with Gasteiger partial charge in [0.2, 0.25) is 0 Å². The molecule has 0 aromatic heterocycles. The highest BCUT2D eigenvalue weighted by Gasteiger charge is 2.06. The second-order valence-corrected chi connectivity index (χ2v) is 4.98. The van der Waals surface area contributed by atoms with Crippen molar-refractivity contribution in [2.45, 2.75) is 13.3 Å². The third kappa shape index (κ3) is 5.19. The molecule has 2 rings (SSSR count). The molecular weight excluding hydrogens is 308 g/mol. The van der Waals surface area contributed by atoms with E-state index in [0.29, 0.717) is 36.9 Å². The number of carbonyl (C=O) groups excluding carboxylic acids is 1. The molecule has 0 unspecified atom stereocenters. The highest BCUT2D eigenvalue weighted by atomic mass is 16.5. The summed E-state index contributed by atoms with van der Waals surface area (Å²) in [5.41, 5.74) is 0.564. The smallest absolute Gasteiger partial charge is 0.161 e. The summed E-state index contributed by atoms with van der Waals surface area (Å²) in [5, 5.41) is 0. The topological polar surface area (TPSA) is 54.0 Å². The van der Waals surface area contributed by atoms with E-state index in [2.05, 4.69) is 0 Å². The molecule has 2 aromatic carbocycles. The van der Waals surface area contributed by atoms with Crippen LogP contribution in [0.1, 0.15) is 23.7 Å². The Bertz CT molecular complexity index is 637. The lowest BCUT2D eigenvalue weighted by Gasteiger charge is -2.12. The molecule has 0 spiro atoms. The molecule has 0 amide bonds. The number of aldehydes is 1. The maximum Gasteiger partial charge on any atom is 0.161 e. The molecule has 0 atom stereocenters. The molecule has 0 heterocycles. The minimum absolute atomic E-state index is 0.497. The van der Waals surface area contributed by atoms with Gasteiger partial charge in [-0.1, -0.05) is 0 Å². The molecule has 0 saturated carbocycles. The van der Waals surface area contributed by atoms with Gasteiger partial charge in [0.05, 0.1) is 26.9 Å². The number of methoxy groups -OCH3 is 1. The Hall–Kier alpha value is -2.69. The van der Waals surface area contributed by atoms with Crippen LogP contribution in [0.3, 0.4) is 0 Å². The van der Waals surface area contributed by atoms with Crippen molar-refractivity contribution in [3.63, 3.8) is 0 Å². The van der Waals surface area contributed by atoms with Crippen LogP contribution in [0.25, 0.3) is 0 Å². The van der Waals surface area contributed by atoms with Crippen LogP contribution in [0, 0.1) is 0 Å². The highest BCUT2D eigenvalue weighted by molar-refractivity contribution is 5.76. The molecule has 0 aliphatic heterocycles. The van der Waals surface area contributed by atoms with E-state index in [9.17, 15) is 4.79 Å². The number of hydrogen-bond acceptors (Lipinski definition) is 5. The number of rotatable bonds is 10. The molecule has 128 valence electrons. The zero-order chi connectivity index (χ0) is 17.2. The lowest BCUT2D eigenvalue weighted by Crippen LogP contribution is -2.06. The van der Waals surface area contributed by atoms with Crippen LogP contribution in [0.4, 0.5) is 0 Å². The second-order valence-electron chi connectivity index (χ2n) is 4.98. The van der Waals surface area contributed by atoms with Crippen molar-refractivity contribution < 1.29 is 23.7 Å². The average molecular weight is 330 g/mol. The Kier molecular flexibility index (Phi) is 6.95. The van der Waals surface area contributed by atoms with Crippen molar-refractivity contribution in [1.82, 2.24) is 0 Å². The first-order valence-electron chi connectivity index (χ1n) is 7.88. The van der Waals surface area contributed by atoms with Crippen molar-refractivity contribution >= 4 is 6.29 Å². The Morgan fingerprint density at radius 2 is 1.58 bits per heavy atom. The second kappa shape index (κ2) is 9.45. The molecule has 2 aromatic rings. The van der Waals surface area contributed by atoms with Gasteiger partial charge in [-0.2, -0.15) is 0 Å². The zero-order valence-corrected chi connectivity index (χ0v) is 14.0. The Morgan fingerprint density at radius 1 is 0.875 bits per heavy atom. The maximum atomic E-state index is 10.8. The van der Waals surface area contributed by atoms with E-state index < -0.39 is 0 Å². The molecule has 0 aliphatic carbocycles. The Balaban J connectivity index is 1.78. The van der Waals surface area contributed by atoms with Gasteiger partial charge in [-0.3, -0.25) is 4.79 Å². The first-order chi connectivity index (χ1) is 11.8. The van der Waals surface area contributed by atoms with Gasteiger partial charge in [-0.15, -0.1) is 0 Å². The van der Waals surface area contributed by atoms with E-state index in [1.165, 1.54) is 0 Å². The maximum absolute atomic E-state index is 10.8. The van der Waals surface area contributed by atoms with Gasteiger partial charge < -0.3 is 18.9 Å². The Morgan fingerprint density at radius 3 is 2.25 bits per heavy atom. The van der Waals surface area contributed by atoms with Gasteiger partial charge in [-0.05, 0) is 49.4 Å². The molecular formula is C19H22O5. The number of ether oxygens (including phenoxy) is 4. The largest absolute Gasteiger partial charge is 0.497 e. The summed E-state index contributed by atoms with van der Waals surface area (Å²) in [6.07, 6.45) is 1.52. The number of carbonyl (C=O) groups is 1. The van der Waals surface area contributed by atoms with Crippen LogP contribution in [0.5, 0.6) is 23.0 Å². The van der Waals surface area contributed by atoms with E-state index in [1.54, 1.807) is 25.3 Å². The predicted octanol–water partition coefficient (Wildman–Crippen LogP) is 3.75. The summed E-state index contributed by atoms with van der Waals surface area (Å²) in [4.78, 5) is 10.8. The van der Waals surface area contributed by atoms with Crippen LogP contribution < -0.4 is 18.9 Å². The van der Waals surface area contributed by atoms with Crippen molar-refractivity contribution in [2.24, 2.45) is 0 Å². The first-order valence-corrected chi connectivity index (χ1v) is 7.88. The first kappa shape index (κ1) is 17.7. The van der Waals surface area contributed by atoms with Crippen molar-refractivity contribution in [3.05, 3.63) is 48.0 Å². The fourth-order valence-electron chi connectivity index (χ4n) is 2.09. The van der Waals surface area contributed by atoms with E-state index in [-0.39, 0.29) is 0 Å². The van der Waals surface area contributed by atoms with Gasteiger partial charge in [-0.25, -0.2) is 0 Å². The summed E-state index contributed by atoms with van der Waals surface area (Å²) >= 11 is 0. The van der Waals surface area contributed by atoms with Crippen LogP contribution in [0.2, 0.25) is 0 Å². The average Bonchev–Trinajstić information content (AvgIpc) is 2.63. The van der Waals surface area contributed by atoms with Crippen LogP contribution in [0.15, 0.2) is 42.5 Å². The lowest BCUT2D eigenvalue weighted by molar-refractivity contribution is 0.112. The van der Waals surface area contributed by atoms with Gasteiger partial charge in [0.15, 0.2) is 11.5 Å². The third-order valence-corrected chi connectivity index (χ3v) is 3.28. The molecule has 5 heteroatoms. The molecule has 0 fully saturated rings. The highest BCUT2D eigenvalue weighted by Crippen LogP contribution is 2.28. The lowest BCUT2D eigenvalue weighted by atomic mass is 10.2. The Labute approximate surface area is 142 Å². The SMILES string of the molecule is CCOc1cc(C=O)ccc1OCCCOc1ccc(OC)cc1. The summed E-state index contributed by atoms with van der Waals surface area (Å²) in [6.45, 7) is 3.44. The van der Waals surface area contributed by atoms with Gasteiger partial charge in [0, 0.05) is 12.0 Å². The quantitative estimate of drug-likeness (QED) is 0.490. The molecule has 0 N–H and O–H groups in total. The van der Waals surface area contributed by atoms with Crippen molar-refractivity contribution in [2.75, 3.05) is 26.9 Å². The van der Waals surface area contributed by atoms with Crippen molar-refractivity contribution in [1.29, 1.82) is 0 Å². The van der Waals surface area contributed by atoms with E-state index >= 15 is 0 Å². The number of benzene rings is 2. The minimum atomic E-state index is 0.497. The standard InChI is InChI=1S/C19H22O5/c1-3-22-19-13-15(14-20)5-10-18(19)24-12-4-11-23-17-8-6-16(21-2)7-9-17/h5-10,13-14H,3-4,11-12H2,1-2H3. The van der Waals surface area contributed by atoms with E-state index in [0.717, 1.165) is 24.2 Å². The van der Waals surface area contributed by atoms with Crippen LogP contribution in [-0.2, 0) is 0 Å². The zero-order valence-electron chi connectivity index (χ0n) is 14.0. The summed E-state index contributed by atoms with van der Waals surface area (Å²) in [6, 6.07) is 12.6. The molecule has 24 heavy (non-hydrogen) atoms. The summed E-state index contributed by atoms with van der Waals surface area (Å²) in [7, 11) is 1.63. The van der Waals surface area contributed by atoms with Crippen LogP contribution in [-0.4, -0.2) is 33.2 Å².